The van der Waals surface area contributed by atoms with Crippen molar-refractivity contribution < 1.29 is 36.0 Å². The van der Waals surface area contributed by atoms with Crippen molar-refractivity contribution in [2.24, 2.45) is 0 Å². The lowest BCUT2D eigenvalue weighted by atomic mass is 10.1. The molecule has 8 nitrogen and oxygen atoms in total. The molecule has 31 heavy (non-hydrogen) atoms. The fourth-order valence-electron chi connectivity index (χ4n) is 3.02. The molecule has 0 unspecified atom stereocenters. The average Bonchev–Trinajstić information content (AvgIpc) is 2.65. The van der Waals surface area contributed by atoms with E-state index in [1.807, 2.05) is 0 Å². The highest BCUT2D eigenvalue weighted by atomic mass is 32.2. The number of sulfone groups is 1. The molecular formula is C18H30F3N3O5S2. The topological polar surface area (TPSA) is 113 Å². The van der Waals surface area contributed by atoms with Crippen LogP contribution in [-0.4, -0.2) is 92.8 Å². The number of amides is 2. The molecule has 0 aromatic heterocycles. The van der Waals surface area contributed by atoms with Crippen LogP contribution in [0.3, 0.4) is 0 Å². The van der Waals surface area contributed by atoms with E-state index in [1.54, 1.807) is 0 Å². The summed E-state index contributed by atoms with van der Waals surface area (Å²) in [5, 5.41) is 5.11. The fraction of sp³-hybridized carbons (Fsp3) is 0.833. The second kappa shape index (κ2) is 13.3. The molecule has 1 aliphatic rings. The third-order valence-corrected chi connectivity index (χ3v) is 6.38. The van der Waals surface area contributed by atoms with Crippen LogP contribution in [0.5, 0.6) is 0 Å². The summed E-state index contributed by atoms with van der Waals surface area (Å²) in [4.78, 5) is 37.5. The van der Waals surface area contributed by atoms with E-state index in [4.69, 9.17) is 0 Å². The summed E-state index contributed by atoms with van der Waals surface area (Å²) in [6, 6.07) is -1.01. The van der Waals surface area contributed by atoms with Crippen LogP contribution in [0.1, 0.15) is 32.1 Å². The smallest absolute Gasteiger partial charge is 0.353 e. The van der Waals surface area contributed by atoms with Gasteiger partial charge in [-0.3, -0.25) is 14.4 Å². The Balaban J connectivity index is 2.49. The Hall–Kier alpha value is -1.34. The van der Waals surface area contributed by atoms with Gasteiger partial charge < -0.3 is 15.5 Å². The molecule has 2 amide bonds. The molecular weight excluding hydrogens is 459 g/mol. The van der Waals surface area contributed by atoms with Gasteiger partial charge in [-0.2, -0.15) is 24.9 Å². The molecule has 0 aromatic rings. The van der Waals surface area contributed by atoms with E-state index < -0.39 is 51.2 Å². The molecule has 0 aromatic carbocycles. The molecule has 2 N–H and O–H groups in total. The monoisotopic (exact) mass is 489 g/mol. The van der Waals surface area contributed by atoms with Gasteiger partial charge in [-0.25, -0.2) is 8.42 Å². The molecule has 1 rings (SSSR count). The van der Waals surface area contributed by atoms with Crippen LogP contribution in [0, 0.1) is 0 Å². The highest BCUT2D eigenvalue weighted by Gasteiger charge is 2.37. The number of carbonyl (C=O) groups is 3. The summed E-state index contributed by atoms with van der Waals surface area (Å²) in [6.45, 7) is 2.94. The number of Topliss-reactive ketones (excluding diaryl/α,β-unsaturated/α-hetero) is 1. The summed E-state index contributed by atoms with van der Waals surface area (Å²) in [5.74, 6) is -4.42. The van der Waals surface area contributed by atoms with Gasteiger partial charge in [-0.15, -0.1) is 0 Å². The van der Waals surface area contributed by atoms with Crippen molar-refractivity contribution in [2.45, 2.75) is 44.3 Å². The van der Waals surface area contributed by atoms with Crippen molar-refractivity contribution in [3.05, 3.63) is 0 Å². The zero-order chi connectivity index (χ0) is 23.5. The standard InChI is InChI=1S/C18H30F3N3O5S2/c1-31(28,29)13-16(26)23-14(6-5-11-30-12-15(25)18(19,20)21)17(27)22-7-10-24-8-3-2-4-9-24/h14H,2-13H2,1H3,(H,22,27)(H,23,26)/t14-/m0/s1. The van der Waals surface area contributed by atoms with E-state index in [0.717, 1.165) is 43.9 Å². The number of nitrogens with zero attached hydrogens (tertiary/aromatic N) is 1. The number of carbonyl (C=O) groups excluding carboxylic acids is 3. The third-order valence-electron chi connectivity index (χ3n) is 4.55. The first-order chi connectivity index (χ1) is 14.4. The van der Waals surface area contributed by atoms with Gasteiger partial charge in [0.2, 0.25) is 17.6 Å². The predicted molar refractivity (Wildman–Crippen MR) is 113 cm³/mol. The number of hydrogen-bond donors (Lipinski definition) is 2. The number of alkyl halides is 3. The Labute approximate surface area is 185 Å². The number of likely N-dealkylation sites (tertiary alicyclic amines) is 1. The molecule has 13 heteroatoms. The van der Waals surface area contributed by atoms with Gasteiger partial charge in [-0.1, -0.05) is 6.42 Å². The van der Waals surface area contributed by atoms with Gasteiger partial charge in [0.1, 0.15) is 11.8 Å². The predicted octanol–water partition coefficient (Wildman–Crippen LogP) is 0.763. The van der Waals surface area contributed by atoms with Crippen LogP contribution in [-0.2, 0) is 24.2 Å². The van der Waals surface area contributed by atoms with Crippen LogP contribution in [0.4, 0.5) is 13.2 Å². The van der Waals surface area contributed by atoms with Gasteiger partial charge in [0.25, 0.3) is 0 Å². The largest absolute Gasteiger partial charge is 0.450 e. The van der Waals surface area contributed by atoms with Crippen LogP contribution in [0.25, 0.3) is 0 Å². The Bertz CT molecular complexity index is 711. The molecule has 1 saturated heterocycles. The first-order valence-corrected chi connectivity index (χ1v) is 13.2. The van der Waals surface area contributed by atoms with Gasteiger partial charge in [0, 0.05) is 19.3 Å². The van der Waals surface area contributed by atoms with Gasteiger partial charge >= 0.3 is 6.18 Å². The lowest BCUT2D eigenvalue weighted by Crippen LogP contribution is -2.49. The minimum absolute atomic E-state index is 0.109. The van der Waals surface area contributed by atoms with Crippen LogP contribution >= 0.6 is 11.8 Å². The molecule has 0 spiro atoms. The molecule has 0 aliphatic carbocycles. The number of thioether (sulfide) groups is 1. The van der Waals surface area contributed by atoms with E-state index in [2.05, 4.69) is 15.5 Å². The summed E-state index contributed by atoms with van der Waals surface area (Å²) in [6.07, 6.45) is -0.210. The van der Waals surface area contributed by atoms with E-state index in [0.29, 0.717) is 13.1 Å². The van der Waals surface area contributed by atoms with Crippen LogP contribution in [0.15, 0.2) is 0 Å². The average molecular weight is 490 g/mol. The van der Waals surface area contributed by atoms with E-state index in [9.17, 15) is 36.0 Å². The Kier molecular flexibility index (Phi) is 11.8. The molecule has 180 valence electrons. The second-order valence-electron chi connectivity index (χ2n) is 7.50. The highest BCUT2D eigenvalue weighted by molar-refractivity contribution is 7.99. The number of rotatable bonds is 13. The lowest BCUT2D eigenvalue weighted by Gasteiger charge is -2.26. The van der Waals surface area contributed by atoms with Crippen molar-refractivity contribution in [3.63, 3.8) is 0 Å². The first kappa shape index (κ1) is 27.7. The van der Waals surface area contributed by atoms with Crippen LogP contribution < -0.4 is 10.6 Å². The molecule has 0 bridgehead atoms. The minimum atomic E-state index is -4.87. The molecule has 1 aliphatic heterocycles. The summed E-state index contributed by atoms with van der Waals surface area (Å²) >= 11 is 0.791. The molecule has 1 fully saturated rings. The lowest BCUT2D eigenvalue weighted by molar-refractivity contribution is -0.167. The quantitative estimate of drug-likeness (QED) is 0.368. The number of ketones is 1. The fourth-order valence-corrected chi connectivity index (χ4v) is 4.45. The summed E-state index contributed by atoms with van der Waals surface area (Å²) < 4.78 is 59.2. The normalized spacial score (nSPS) is 16.5. The molecule has 1 atom stereocenters. The second-order valence-corrected chi connectivity index (χ2v) is 10.7. The molecule has 1 heterocycles. The molecule has 0 saturated carbocycles. The summed E-state index contributed by atoms with van der Waals surface area (Å²) in [5.41, 5.74) is 0. The van der Waals surface area contributed by atoms with Gasteiger partial charge in [0.15, 0.2) is 9.84 Å². The Morgan fingerprint density at radius 3 is 2.35 bits per heavy atom. The number of halogens is 3. The highest BCUT2D eigenvalue weighted by Crippen LogP contribution is 2.19. The third kappa shape index (κ3) is 13.0. The number of nitrogens with one attached hydrogen (secondary N) is 2. The van der Waals surface area contributed by atoms with Crippen molar-refractivity contribution in [1.29, 1.82) is 0 Å². The number of piperidine rings is 1. The van der Waals surface area contributed by atoms with Crippen molar-refractivity contribution in [1.82, 2.24) is 15.5 Å². The maximum absolute atomic E-state index is 12.5. The van der Waals surface area contributed by atoms with Crippen molar-refractivity contribution >= 4 is 39.2 Å². The van der Waals surface area contributed by atoms with Gasteiger partial charge in [-0.05, 0) is 44.5 Å². The van der Waals surface area contributed by atoms with E-state index in [-0.39, 0.29) is 18.6 Å². The van der Waals surface area contributed by atoms with E-state index >= 15 is 0 Å². The minimum Gasteiger partial charge on any atom is -0.353 e. The molecule has 0 radical (unpaired) electrons. The number of hydrogen-bond acceptors (Lipinski definition) is 7. The SMILES string of the molecule is CS(=O)(=O)CC(=O)N[C@@H](CCCSCC(=O)C(F)(F)F)C(=O)NCCN1CCCCC1. The van der Waals surface area contributed by atoms with Crippen molar-refractivity contribution in [3.8, 4) is 0 Å². The van der Waals surface area contributed by atoms with E-state index in [1.165, 1.54) is 6.42 Å². The van der Waals surface area contributed by atoms with Gasteiger partial charge in [0.05, 0.1) is 5.75 Å². The zero-order valence-corrected chi connectivity index (χ0v) is 19.1. The summed E-state index contributed by atoms with van der Waals surface area (Å²) in [7, 11) is -3.58. The maximum Gasteiger partial charge on any atom is 0.450 e. The maximum atomic E-state index is 12.5. The first-order valence-electron chi connectivity index (χ1n) is 10.0. The Morgan fingerprint density at radius 2 is 1.77 bits per heavy atom. The Morgan fingerprint density at radius 1 is 1.13 bits per heavy atom. The zero-order valence-electron chi connectivity index (χ0n) is 17.5. The van der Waals surface area contributed by atoms with Crippen molar-refractivity contribution in [2.75, 3.05) is 49.7 Å². The van der Waals surface area contributed by atoms with Crippen LogP contribution in [0.2, 0.25) is 0 Å².